The number of hydrogen-bond donors (Lipinski definition) is 2. The van der Waals surface area contributed by atoms with Crippen molar-refractivity contribution in [2.75, 3.05) is 31.1 Å². The second-order valence-corrected chi connectivity index (χ2v) is 6.55. The van der Waals surface area contributed by atoms with Crippen LogP contribution >= 0.6 is 11.6 Å². The Morgan fingerprint density at radius 3 is 3.11 bits per heavy atom. The van der Waals surface area contributed by atoms with Crippen molar-refractivity contribution in [1.82, 2.24) is 9.97 Å². The van der Waals surface area contributed by atoms with Crippen LogP contribution in [0.25, 0.3) is 6.08 Å². The average molecular weight is 389 g/mol. The second kappa shape index (κ2) is 8.83. The molecule has 2 heterocycles. The zero-order valence-electron chi connectivity index (χ0n) is 15.2. The molecule has 0 saturated heterocycles. The van der Waals surface area contributed by atoms with Gasteiger partial charge in [-0.25, -0.2) is 9.97 Å². The second-order valence-electron chi connectivity index (χ2n) is 6.11. The quantitative estimate of drug-likeness (QED) is 0.761. The lowest BCUT2D eigenvalue weighted by Crippen LogP contribution is -2.24. The number of ether oxygens (including phenoxy) is 2. The molecule has 8 heteroatoms. The maximum Gasteiger partial charge on any atom is 0.311 e. The molecule has 1 aliphatic heterocycles. The number of hydrogen-bond acceptors (Lipinski definition) is 7. The van der Waals surface area contributed by atoms with E-state index in [9.17, 15) is 4.79 Å². The van der Waals surface area contributed by atoms with Crippen molar-refractivity contribution in [3.05, 3.63) is 52.3 Å². The van der Waals surface area contributed by atoms with Crippen molar-refractivity contribution >= 4 is 35.3 Å². The van der Waals surface area contributed by atoms with Gasteiger partial charge in [0.2, 0.25) is 5.95 Å². The van der Waals surface area contributed by atoms with Crippen LogP contribution in [0, 0.1) is 0 Å². The van der Waals surface area contributed by atoms with Crippen molar-refractivity contribution in [1.29, 1.82) is 0 Å². The summed E-state index contributed by atoms with van der Waals surface area (Å²) in [6, 6.07) is 7.29. The number of aromatic nitrogens is 2. The third-order valence-electron chi connectivity index (χ3n) is 4.16. The first-order valence-corrected chi connectivity index (χ1v) is 8.90. The lowest BCUT2D eigenvalue weighted by atomic mass is 10.0. The molecule has 0 unspecified atom stereocenters. The minimum absolute atomic E-state index is 0.0803. The molecule has 0 amide bonds. The van der Waals surface area contributed by atoms with Gasteiger partial charge in [0.1, 0.15) is 6.73 Å². The molecular weight excluding hydrogens is 368 g/mol. The predicted octanol–water partition coefficient (Wildman–Crippen LogP) is 3.13. The minimum Gasteiger partial charge on any atom is -0.469 e. The van der Waals surface area contributed by atoms with Crippen LogP contribution in [0.4, 0.5) is 11.6 Å². The molecular formula is C19H21ClN4O3. The Bertz CT molecular complexity index is 857. The van der Waals surface area contributed by atoms with Gasteiger partial charge in [0.05, 0.1) is 25.8 Å². The van der Waals surface area contributed by atoms with E-state index in [-0.39, 0.29) is 18.4 Å². The predicted molar refractivity (Wildman–Crippen MR) is 105 cm³/mol. The molecule has 1 aliphatic rings. The summed E-state index contributed by atoms with van der Waals surface area (Å²) in [5, 5.41) is 7.15. The van der Waals surface area contributed by atoms with Crippen LogP contribution < -0.4 is 10.6 Å². The Hall–Kier alpha value is -2.64. The van der Waals surface area contributed by atoms with Gasteiger partial charge >= 0.3 is 5.97 Å². The molecule has 1 aromatic heterocycles. The van der Waals surface area contributed by atoms with Gasteiger partial charge in [-0.2, -0.15) is 0 Å². The molecule has 0 spiro atoms. The molecule has 2 aromatic rings. The monoisotopic (exact) mass is 388 g/mol. The van der Waals surface area contributed by atoms with Crippen LogP contribution in [0.15, 0.2) is 36.0 Å². The van der Waals surface area contributed by atoms with Crippen LogP contribution in [-0.4, -0.2) is 42.4 Å². The fourth-order valence-corrected chi connectivity index (χ4v) is 2.85. The van der Waals surface area contributed by atoms with E-state index in [1.165, 1.54) is 7.11 Å². The van der Waals surface area contributed by atoms with Gasteiger partial charge in [-0.1, -0.05) is 11.6 Å². The van der Waals surface area contributed by atoms with Crippen LogP contribution in [0.1, 0.15) is 18.2 Å². The van der Waals surface area contributed by atoms with Gasteiger partial charge < -0.3 is 20.1 Å². The number of nitrogens with one attached hydrogen (secondary N) is 2. The Labute approximate surface area is 162 Å². The van der Waals surface area contributed by atoms with Crippen LogP contribution in [0.5, 0.6) is 0 Å². The van der Waals surface area contributed by atoms with E-state index in [0.717, 1.165) is 16.8 Å². The Balaban J connectivity index is 1.79. The number of fused-ring (bicyclic) bond motifs is 1. The molecule has 0 bridgehead atoms. The van der Waals surface area contributed by atoms with E-state index in [0.29, 0.717) is 30.0 Å². The van der Waals surface area contributed by atoms with Crippen LogP contribution in [-0.2, 0) is 20.7 Å². The van der Waals surface area contributed by atoms with Gasteiger partial charge in [0.15, 0.2) is 0 Å². The maximum absolute atomic E-state index is 11.4. The van der Waals surface area contributed by atoms with Gasteiger partial charge in [0.25, 0.3) is 0 Å². The molecule has 7 nitrogen and oxygen atoms in total. The first kappa shape index (κ1) is 19.1. The van der Waals surface area contributed by atoms with Crippen LogP contribution in [0.2, 0.25) is 5.02 Å². The highest BCUT2D eigenvalue weighted by Gasteiger charge is 2.15. The standard InChI is InChI=1S/C19H21ClN4O3/c1-12(23-19-21-6-5-16(24-19)9-18(25)26-2)14-7-13-8-15(20)3-4-17(13)22-11-27-10-14/h3-8,12,22H,9-11H2,1-2H3,(H,21,23,24)/b14-7+/t12-/m0/s1. The van der Waals surface area contributed by atoms with E-state index >= 15 is 0 Å². The molecule has 0 aliphatic carbocycles. The first-order chi connectivity index (χ1) is 13.0. The number of benzene rings is 1. The summed E-state index contributed by atoms with van der Waals surface area (Å²) in [7, 11) is 1.35. The van der Waals surface area contributed by atoms with Gasteiger partial charge in [-0.15, -0.1) is 0 Å². The molecule has 0 radical (unpaired) electrons. The number of rotatable bonds is 5. The molecule has 27 heavy (non-hydrogen) atoms. The summed E-state index contributed by atoms with van der Waals surface area (Å²) < 4.78 is 10.3. The van der Waals surface area contributed by atoms with Crippen molar-refractivity contribution in [3.63, 3.8) is 0 Å². The molecule has 142 valence electrons. The Kier molecular flexibility index (Phi) is 6.26. The Morgan fingerprint density at radius 1 is 1.44 bits per heavy atom. The van der Waals surface area contributed by atoms with E-state index in [1.54, 1.807) is 12.3 Å². The van der Waals surface area contributed by atoms with Crippen molar-refractivity contribution in [2.45, 2.75) is 19.4 Å². The first-order valence-electron chi connectivity index (χ1n) is 8.52. The zero-order valence-corrected chi connectivity index (χ0v) is 15.9. The van der Waals surface area contributed by atoms with Crippen LogP contribution in [0.3, 0.4) is 0 Å². The maximum atomic E-state index is 11.4. The largest absolute Gasteiger partial charge is 0.469 e. The van der Waals surface area contributed by atoms with Gasteiger partial charge in [-0.05, 0) is 48.4 Å². The summed E-state index contributed by atoms with van der Waals surface area (Å²) in [4.78, 5) is 20.0. The number of halogens is 1. The molecule has 0 saturated carbocycles. The summed E-state index contributed by atoms with van der Waals surface area (Å²) in [6.07, 6.45) is 3.76. The minimum atomic E-state index is -0.343. The topological polar surface area (TPSA) is 85.4 Å². The molecule has 0 fully saturated rings. The normalized spacial score (nSPS) is 16.6. The fraction of sp³-hybridized carbons (Fsp3) is 0.316. The summed E-state index contributed by atoms with van der Waals surface area (Å²) in [6.45, 7) is 2.86. The van der Waals surface area contributed by atoms with Gasteiger partial charge in [-0.3, -0.25) is 4.79 Å². The lowest BCUT2D eigenvalue weighted by Gasteiger charge is -2.22. The van der Waals surface area contributed by atoms with Crippen molar-refractivity contribution in [3.8, 4) is 0 Å². The summed E-state index contributed by atoms with van der Waals surface area (Å²) >= 11 is 6.14. The zero-order chi connectivity index (χ0) is 19.2. The summed E-state index contributed by atoms with van der Waals surface area (Å²) in [5.74, 6) is 0.0983. The molecule has 1 atom stereocenters. The SMILES string of the molecule is COC(=O)Cc1ccnc(N[C@@H](C)/C2=C/c3cc(Cl)ccc3NCOC2)n1. The number of carbonyl (C=O) groups excluding carboxylic acids is 1. The van der Waals surface area contributed by atoms with E-state index < -0.39 is 0 Å². The smallest absolute Gasteiger partial charge is 0.311 e. The molecule has 2 N–H and O–H groups in total. The molecule has 1 aromatic carbocycles. The number of nitrogens with zero attached hydrogens (tertiary/aromatic N) is 2. The number of carbonyl (C=O) groups is 1. The van der Waals surface area contributed by atoms with E-state index in [4.69, 9.17) is 16.3 Å². The molecule has 3 rings (SSSR count). The van der Waals surface area contributed by atoms with Crippen molar-refractivity contribution in [2.24, 2.45) is 0 Å². The average Bonchev–Trinajstić information content (AvgIpc) is 2.63. The third kappa shape index (κ3) is 5.18. The lowest BCUT2D eigenvalue weighted by molar-refractivity contribution is -0.139. The highest BCUT2D eigenvalue weighted by Crippen LogP contribution is 2.26. The number of esters is 1. The van der Waals surface area contributed by atoms with Crippen molar-refractivity contribution < 1.29 is 14.3 Å². The summed E-state index contributed by atoms with van der Waals surface area (Å²) in [5.41, 5.74) is 3.58. The highest BCUT2D eigenvalue weighted by atomic mass is 35.5. The fourth-order valence-electron chi connectivity index (χ4n) is 2.67. The number of methoxy groups -OCH3 is 1. The van der Waals surface area contributed by atoms with E-state index in [2.05, 4.69) is 25.3 Å². The highest BCUT2D eigenvalue weighted by molar-refractivity contribution is 6.30. The van der Waals surface area contributed by atoms with E-state index in [1.807, 2.05) is 31.2 Å². The Morgan fingerprint density at radius 2 is 2.30 bits per heavy atom. The third-order valence-corrected chi connectivity index (χ3v) is 4.39. The number of anilines is 2. The van der Waals surface area contributed by atoms with Gasteiger partial charge in [0, 0.05) is 22.9 Å².